The molecule has 2 aromatic carbocycles. The molecule has 4 rings (SSSR count). The molecule has 1 unspecified atom stereocenters. The summed E-state index contributed by atoms with van der Waals surface area (Å²) in [6.45, 7) is 2.05. The molecule has 3 atom stereocenters. The zero-order chi connectivity index (χ0) is 25.5. The zero-order valence-corrected chi connectivity index (χ0v) is 21.1. The van der Waals surface area contributed by atoms with Gasteiger partial charge in [-0.15, -0.1) is 11.8 Å². The van der Waals surface area contributed by atoms with Gasteiger partial charge in [-0.3, -0.25) is 9.78 Å². The van der Waals surface area contributed by atoms with E-state index in [-0.39, 0.29) is 12.3 Å². The topological polar surface area (TPSA) is 86.5 Å². The molecule has 0 spiro atoms. The number of benzene rings is 2. The highest BCUT2D eigenvalue weighted by Crippen LogP contribution is 2.35. The summed E-state index contributed by atoms with van der Waals surface area (Å²) in [5, 5.41) is 19.7. The first-order valence-electron chi connectivity index (χ1n) is 12.1. The van der Waals surface area contributed by atoms with Crippen LogP contribution in [0.1, 0.15) is 36.6 Å². The minimum Gasteiger partial charge on any atom is -0.497 e. The molecular formula is C28H30FN3O3S. The number of nitriles is 1. The van der Waals surface area contributed by atoms with Crippen LogP contribution < -0.4 is 4.74 Å². The number of hydrogen-bond donors (Lipinski definition) is 1. The lowest BCUT2D eigenvalue weighted by Crippen LogP contribution is -2.44. The molecular weight excluding hydrogens is 477 g/mol. The van der Waals surface area contributed by atoms with Crippen molar-refractivity contribution in [2.24, 2.45) is 11.8 Å². The highest BCUT2D eigenvalue weighted by Gasteiger charge is 2.34. The third-order valence-electron chi connectivity index (χ3n) is 6.91. The number of ether oxygens (including phenoxy) is 1. The maximum absolute atomic E-state index is 15.4. The molecule has 3 aromatic rings. The molecule has 1 aliphatic heterocycles. The lowest BCUT2D eigenvalue weighted by atomic mass is 9.81. The summed E-state index contributed by atoms with van der Waals surface area (Å²) in [4.78, 5) is 19.6. The maximum Gasteiger partial charge on any atom is 0.308 e. The second-order valence-electron chi connectivity index (χ2n) is 9.11. The molecule has 1 aliphatic rings. The van der Waals surface area contributed by atoms with Crippen LogP contribution in [0, 0.1) is 23.2 Å². The summed E-state index contributed by atoms with van der Waals surface area (Å²) >= 11 is 1.67. The Morgan fingerprint density at radius 2 is 2.19 bits per heavy atom. The number of nitrogens with zero attached hydrogens (tertiary/aromatic N) is 3. The third kappa shape index (κ3) is 6.34. The number of pyridine rings is 1. The normalized spacial score (nSPS) is 19.0. The number of aromatic nitrogens is 1. The van der Waals surface area contributed by atoms with E-state index < -0.39 is 18.1 Å². The number of fused-ring (bicyclic) bond motifs is 1. The van der Waals surface area contributed by atoms with Crippen LogP contribution in [0.25, 0.3) is 10.9 Å². The van der Waals surface area contributed by atoms with Gasteiger partial charge in [0.1, 0.15) is 11.9 Å². The Kier molecular flexibility index (Phi) is 8.79. The number of likely N-dealkylation sites (tertiary alicyclic amines) is 1. The second kappa shape index (κ2) is 12.2. The molecule has 1 N–H and O–H groups in total. The van der Waals surface area contributed by atoms with Gasteiger partial charge in [0.15, 0.2) is 0 Å². The van der Waals surface area contributed by atoms with Crippen LogP contribution in [0.2, 0.25) is 0 Å². The van der Waals surface area contributed by atoms with Gasteiger partial charge in [-0.2, -0.15) is 5.26 Å². The second-order valence-corrected chi connectivity index (χ2v) is 10.3. The molecule has 0 amide bonds. The Morgan fingerprint density at radius 3 is 2.97 bits per heavy atom. The number of alkyl halides is 1. The number of halogens is 1. The number of rotatable bonds is 10. The SMILES string of the molecule is COc1ccc2nccc(C(F)CC[C@@H]3CCN(CCSc4cccc(C#N)c4)C[C@@H]3C(=O)O)c2c1. The summed E-state index contributed by atoms with van der Waals surface area (Å²) in [5.74, 6) is 0.0929. The summed E-state index contributed by atoms with van der Waals surface area (Å²) in [6.07, 6.45) is 1.95. The fourth-order valence-electron chi connectivity index (χ4n) is 4.91. The van der Waals surface area contributed by atoms with Crippen LogP contribution in [0.4, 0.5) is 4.39 Å². The Bertz CT molecular complexity index is 1250. The first kappa shape index (κ1) is 25.9. The van der Waals surface area contributed by atoms with Gasteiger partial charge < -0.3 is 14.7 Å². The van der Waals surface area contributed by atoms with Gasteiger partial charge in [-0.1, -0.05) is 6.07 Å². The number of methoxy groups -OCH3 is 1. The van der Waals surface area contributed by atoms with Gasteiger partial charge in [-0.25, -0.2) is 4.39 Å². The van der Waals surface area contributed by atoms with E-state index in [0.29, 0.717) is 35.4 Å². The maximum atomic E-state index is 15.4. The summed E-state index contributed by atoms with van der Waals surface area (Å²) < 4.78 is 20.7. The molecule has 8 heteroatoms. The standard InChI is InChI=1S/C28H30FN3O3S/c1-35-21-6-8-27-24(16-21)23(9-11-31-27)26(29)7-5-20-10-12-32(18-25(20)28(33)34)13-14-36-22-4-2-3-19(15-22)17-30/h2-4,6,8-9,11,15-16,20,25-26H,5,7,10,12-14,18H2,1H3,(H,33,34)/t20-,25+,26?/m1/s1. The average Bonchev–Trinajstić information content (AvgIpc) is 2.91. The summed E-state index contributed by atoms with van der Waals surface area (Å²) in [7, 11) is 1.58. The van der Waals surface area contributed by atoms with Crippen molar-refractivity contribution in [1.29, 1.82) is 5.26 Å². The predicted molar refractivity (Wildman–Crippen MR) is 139 cm³/mol. The van der Waals surface area contributed by atoms with Gasteiger partial charge in [-0.05, 0) is 79.8 Å². The molecule has 0 radical (unpaired) electrons. The number of aliphatic carboxylic acids is 1. The van der Waals surface area contributed by atoms with Crippen molar-refractivity contribution >= 4 is 28.6 Å². The largest absolute Gasteiger partial charge is 0.497 e. The third-order valence-corrected chi connectivity index (χ3v) is 7.88. The molecule has 1 saturated heterocycles. The fraction of sp³-hybridized carbons (Fsp3) is 0.393. The summed E-state index contributed by atoms with van der Waals surface area (Å²) in [6, 6.07) is 16.8. The first-order chi connectivity index (χ1) is 17.5. The Labute approximate surface area is 215 Å². The average molecular weight is 508 g/mol. The van der Waals surface area contributed by atoms with Crippen LogP contribution in [-0.2, 0) is 4.79 Å². The van der Waals surface area contributed by atoms with E-state index in [1.54, 1.807) is 49.3 Å². The van der Waals surface area contributed by atoms with Crippen LogP contribution in [0.15, 0.2) is 59.6 Å². The van der Waals surface area contributed by atoms with Crippen LogP contribution in [0.5, 0.6) is 5.75 Å². The van der Waals surface area contributed by atoms with E-state index in [1.165, 1.54) is 0 Å². The lowest BCUT2D eigenvalue weighted by molar-refractivity contribution is -0.146. The van der Waals surface area contributed by atoms with Crippen molar-refractivity contribution in [3.63, 3.8) is 0 Å². The van der Waals surface area contributed by atoms with Crippen molar-refractivity contribution in [3.8, 4) is 11.8 Å². The van der Waals surface area contributed by atoms with E-state index in [1.807, 2.05) is 24.3 Å². The smallest absolute Gasteiger partial charge is 0.308 e. The molecule has 0 saturated carbocycles. The van der Waals surface area contributed by atoms with Crippen molar-refractivity contribution < 1.29 is 19.0 Å². The number of carboxylic acids is 1. The quantitative estimate of drug-likeness (QED) is 0.351. The van der Waals surface area contributed by atoms with E-state index in [2.05, 4.69) is 16.0 Å². The highest BCUT2D eigenvalue weighted by atomic mass is 32.2. The molecule has 2 heterocycles. The molecule has 188 valence electrons. The van der Waals surface area contributed by atoms with Gasteiger partial charge in [0.25, 0.3) is 0 Å². The lowest BCUT2D eigenvalue weighted by Gasteiger charge is -2.36. The molecule has 1 fully saturated rings. The van der Waals surface area contributed by atoms with Crippen molar-refractivity contribution in [1.82, 2.24) is 9.88 Å². The Morgan fingerprint density at radius 1 is 1.33 bits per heavy atom. The minimum absolute atomic E-state index is 0.0559. The molecule has 0 bridgehead atoms. The minimum atomic E-state index is -1.20. The van der Waals surface area contributed by atoms with Crippen molar-refractivity contribution in [2.45, 2.75) is 30.3 Å². The van der Waals surface area contributed by atoms with Crippen molar-refractivity contribution in [2.75, 3.05) is 32.5 Å². The van der Waals surface area contributed by atoms with Gasteiger partial charge in [0.05, 0.1) is 30.2 Å². The Hall–Kier alpha value is -3.15. The van der Waals surface area contributed by atoms with Crippen LogP contribution in [0.3, 0.4) is 0 Å². The van der Waals surface area contributed by atoms with E-state index in [0.717, 1.165) is 35.5 Å². The van der Waals surface area contributed by atoms with Crippen LogP contribution in [-0.4, -0.2) is 53.5 Å². The summed E-state index contributed by atoms with van der Waals surface area (Å²) in [5.41, 5.74) is 1.92. The van der Waals surface area contributed by atoms with Crippen LogP contribution >= 0.6 is 11.8 Å². The molecule has 36 heavy (non-hydrogen) atoms. The van der Waals surface area contributed by atoms with E-state index in [4.69, 9.17) is 10.00 Å². The number of hydrogen-bond acceptors (Lipinski definition) is 6. The highest BCUT2D eigenvalue weighted by molar-refractivity contribution is 7.99. The predicted octanol–water partition coefficient (Wildman–Crippen LogP) is 5.72. The van der Waals surface area contributed by atoms with Gasteiger partial charge in [0, 0.05) is 35.3 Å². The molecule has 0 aliphatic carbocycles. The number of piperidine rings is 1. The number of carbonyl (C=O) groups is 1. The number of thioether (sulfide) groups is 1. The first-order valence-corrected chi connectivity index (χ1v) is 13.1. The van der Waals surface area contributed by atoms with Crippen molar-refractivity contribution in [3.05, 3.63) is 65.9 Å². The van der Waals surface area contributed by atoms with E-state index >= 15 is 4.39 Å². The van der Waals surface area contributed by atoms with Gasteiger partial charge in [0.2, 0.25) is 0 Å². The monoisotopic (exact) mass is 507 g/mol. The molecule has 1 aromatic heterocycles. The Balaban J connectivity index is 1.33. The van der Waals surface area contributed by atoms with E-state index in [9.17, 15) is 9.90 Å². The fourth-order valence-corrected chi connectivity index (χ4v) is 5.88. The number of carboxylic acid groups (broad SMARTS) is 1. The van der Waals surface area contributed by atoms with Gasteiger partial charge >= 0.3 is 5.97 Å². The molecule has 6 nitrogen and oxygen atoms in total. The zero-order valence-electron chi connectivity index (χ0n) is 20.3.